The summed E-state index contributed by atoms with van der Waals surface area (Å²) >= 11 is 3.48. The van der Waals surface area contributed by atoms with Gasteiger partial charge in [0.2, 0.25) is 0 Å². The van der Waals surface area contributed by atoms with E-state index in [4.69, 9.17) is 5.73 Å². The Morgan fingerprint density at radius 3 is 2.33 bits per heavy atom. The van der Waals surface area contributed by atoms with Crippen molar-refractivity contribution in [1.82, 2.24) is 0 Å². The van der Waals surface area contributed by atoms with Crippen molar-refractivity contribution >= 4 is 15.9 Å². The van der Waals surface area contributed by atoms with E-state index in [1.807, 2.05) is 0 Å². The van der Waals surface area contributed by atoms with E-state index in [1.54, 1.807) is 0 Å². The van der Waals surface area contributed by atoms with Crippen molar-refractivity contribution in [2.75, 3.05) is 6.54 Å². The fourth-order valence-corrected chi connectivity index (χ4v) is 2.90. The molecule has 1 saturated carbocycles. The second kappa shape index (κ2) is 4.26. The first-order valence-electron chi connectivity index (χ1n) is 5.65. The highest BCUT2D eigenvalue weighted by atomic mass is 79.9. The Hall–Kier alpha value is -0.340. The third-order valence-corrected chi connectivity index (χ3v) is 4.49. The average molecular weight is 268 g/mol. The smallest absolute Gasteiger partial charge is 0.0175 e. The van der Waals surface area contributed by atoms with Crippen LogP contribution in [0.2, 0.25) is 0 Å². The molecule has 0 saturated heterocycles. The Bertz CT molecular complexity index is 327. The molecule has 15 heavy (non-hydrogen) atoms. The molecule has 0 aromatic heterocycles. The van der Waals surface area contributed by atoms with E-state index in [-0.39, 0.29) is 0 Å². The molecule has 2 rings (SSSR count). The predicted molar refractivity (Wildman–Crippen MR) is 67.9 cm³/mol. The highest BCUT2D eigenvalue weighted by molar-refractivity contribution is 9.10. The molecule has 0 radical (unpaired) electrons. The zero-order valence-corrected chi connectivity index (χ0v) is 10.8. The molecule has 2 N–H and O–H groups in total. The summed E-state index contributed by atoms with van der Waals surface area (Å²) in [5.74, 6) is 0.590. The predicted octanol–water partition coefficient (Wildman–Crippen LogP) is 3.47. The van der Waals surface area contributed by atoms with Crippen LogP contribution in [-0.2, 0) is 5.41 Å². The molecule has 1 aromatic rings. The zero-order valence-electron chi connectivity index (χ0n) is 9.17. The van der Waals surface area contributed by atoms with Crippen LogP contribution in [0.1, 0.15) is 31.7 Å². The van der Waals surface area contributed by atoms with Gasteiger partial charge in [0, 0.05) is 4.47 Å². The van der Waals surface area contributed by atoms with Gasteiger partial charge in [0.25, 0.3) is 0 Å². The standard InChI is InChI=1S/C13H18BrN/c1-10(9-15)13(7-2-8-13)11-3-5-12(14)6-4-11/h3-6,10H,2,7-9,15H2,1H3. The van der Waals surface area contributed by atoms with E-state index in [1.165, 1.54) is 24.8 Å². The van der Waals surface area contributed by atoms with Crippen LogP contribution in [-0.4, -0.2) is 6.54 Å². The van der Waals surface area contributed by atoms with E-state index in [2.05, 4.69) is 47.1 Å². The molecule has 1 unspecified atom stereocenters. The molecule has 1 nitrogen and oxygen atoms in total. The van der Waals surface area contributed by atoms with Gasteiger partial charge in [-0.25, -0.2) is 0 Å². The van der Waals surface area contributed by atoms with Crippen molar-refractivity contribution in [2.24, 2.45) is 11.7 Å². The van der Waals surface area contributed by atoms with Gasteiger partial charge in [0.15, 0.2) is 0 Å². The summed E-state index contributed by atoms with van der Waals surface area (Å²) in [6, 6.07) is 8.77. The molecule has 0 aliphatic heterocycles. The number of rotatable bonds is 3. The molecule has 2 heteroatoms. The minimum atomic E-state index is 0.370. The quantitative estimate of drug-likeness (QED) is 0.892. The first-order chi connectivity index (χ1) is 7.19. The summed E-state index contributed by atoms with van der Waals surface area (Å²) < 4.78 is 1.15. The molecule has 82 valence electrons. The minimum Gasteiger partial charge on any atom is -0.330 e. The van der Waals surface area contributed by atoms with Crippen LogP contribution >= 0.6 is 15.9 Å². The lowest BCUT2D eigenvalue weighted by molar-refractivity contribution is 0.161. The first kappa shape index (κ1) is 11.2. The van der Waals surface area contributed by atoms with Crippen LogP contribution in [0.25, 0.3) is 0 Å². The van der Waals surface area contributed by atoms with Gasteiger partial charge in [-0.3, -0.25) is 0 Å². The van der Waals surface area contributed by atoms with Gasteiger partial charge in [-0.05, 0) is 48.4 Å². The molecule has 1 aliphatic rings. The molecule has 1 atom stereocenters. The molecule has 0 amide bonds. The first-order valence-corrected chi connectivity index (χ1v) is 6.44. The molecule has 1 aliphatic carbocycles. The molecule has 0 heterocycles. The Morgan fingerprint density at radius 1 is 1.33 bits per heavy atom. The van der Waals surface area contributed by atoms with Crippen LogP contribution < -0.4 is 5.73 Å². The van der Waals surface area contributed by atoms with E-state index in [0.29, 0.717) is 11.3 Å². The number of benzene rings is 1. The maximum atomic E-state index is 5.83. The lowest BCUT2D eigenvalue weighted by Gasteiger charge is -2.47. The SMILES string of the molecule is CC(CN)C1(c2ccc(Br)cc2)CCC1. The highest BCUT2D eigenvalue weighted by Crippen LogP contribution is 2.49. The minimum absolute atomic E-state index is 0.370. The third kappa shape index (κ3) is 1.85. The maximum Gasteiger partial charge on any atom is 0.0175 e. The number of hydrogen-bond donors (Lipinski definition) is 1. The van der Waals surface area contributed by atoms with Crippen LogP contribution in [0.15, 0.2) is 28.7 Å². The van der Waals surface area contributed by atoms with Crippen molar-refractivity contribution in [3.8, 4) is 0 Å². The summed E-state index contributed by atoms with van der Waals surface area (Å²) in [5, 5.41) is 0. The van der Waals surface area contributed by atoms with E-state index >= 15 is 0 Å². The van der Waals surface area contributed by atoms with Crippen molar-refractivity contribution < 1.29 is 0 Å². The van der Waals surface area contributed by atoms with Crippen LogP contribution in [0.5, 0.6) is 0 Å². The van der Waals surface area contributed by atoms with Crippen molar-refractivity contribution in [3.05, 3.63) is 34.3 Å². The Morgan fingerprint density at radius 2 is 1.93 bits per heavy atom. The monoisotopic (exact) mass is 267 g/mol. The van der Waals surface area contributed by atoms with Gasteiger partial charge in [0.1, 0.15) is 0 Å². The van der Waals surface area contributed by atoms with Crippen molar-refractivity contribution in [2.45, 2.75) is 31.6 Å². The molecular weight excluding hydrogens is 250 g/mol. The summed E-state index contributed by atoms with van der Waals surface area (Å²) in [6.45, 7) is 3.07. The maximum absolute atomic E-state index is 5.83. The van der Waals surface area contributed by atoms with E-state index in [0.717, 1.165) is 11.0 Å². The molecular formula is C13H18BrN. The summed E-state index contributed by atoms with van der Waals surface area (Å²) in [6.07, 6.45) is 3.94. The second-order valence-corrected chi connectivity index (χ2v) is 5.57. The Balaban J connectivity index is 2.30. The van der Waals surface area contributed by atoms with Crippen LogP contribution in [0, 0.1) is 5.92 Å². The molecule has 1 fully saturated rings. The third-order valence-electron chi connectivity index (χ3n) is 3.96. The Kier molecular flexibility index (Phi) is 3.17. The van der Waals surface area contributed by atoms with E-state index in [9.17, 15) is 0 Å². The van der Waals surface area contributed by atoms with Gasteiger partial charge < -0.3 is 5.73 Å². The molecule has 0 spiro atoms. The van der Waals surface area contributed by atoms with Gasteiger partial charge in [0.05, 0.1) is 0 Å². The lowest BCUT2D eigenvalue weighted by atomic mass is 9.58. The van der Waals surface area contributed by atoms with Crippen LogP contribution in [0.3, 0.4) is 0 Å². The summed E-state index contributed by atoms with van der Waals surface area (Å²) in [4.78, 5) is 0. The molecule has 0 bridgehead atoms. The Labute approximate surface area is 100 Å². The van der Waals surface area contributed by atoms with Crippen LogP contribution in [0.4, 0.5) is 0 Å². The topological polar surface area (TPSA) is 26.0 Å². The highest BCUT2D eigenvalue weighted by Gasteiger charge is 2.42. The van der Waals surface area contributed by atoms with E-state index < -0.39 is 0 Å². The number of halogens is 1. The lowest BCUT2D eigenvalue weighted by Crippen LogP contribution is -2.43. The van der Waals surface area contributed by atoms with Gasteiger partial charge >= 0.3 is 0 Å². The van der Waals surface area contributed by atoms with Gasteiger partial charge in [-0.2, -0.15) is 0 Å². The number of nitrogens with two attached hydrogens (primary N) is 1. The summed E-state index contributed by atoms with van der Waals surface area (Å²) in [7, 11) is 0. The fourth-order valence-electron chi connectivity index (χ4n) is 2.63. The fraction of sp³-hybridized carbons (Fsp3) is 0.538. The zero-order chi connectivity index (χ0) is 10.9. The summed E-state index contributed by atoms with van der Waals surface area (Å²) in [5.41, 5.74) is 7.66. The normalized spacial score (nSPS) is 20.7. The number of hydrogen-bond acceptors (Lipinski definition) is 1. The molecule has 1 aromatic carbocycles. The largest absolute Gasteiger partial charge is 0.330 e. The average Bonchev–Trinajstić information content (AvgIpc) is 2.19. The van der Waals surface area contributed by atoms with Gasteiger partial charge in [-0.15, -0.1) is 0 Å². The van der Waals surface area contributed by atoms with Gasteiger partial charge in [-0.1, -0.05) is 41.4 Å². The van der Waals surface area contributed by atoms with Crippen molar-refractivity contribution in [3.63, 3.8) is 0 Å². The second-order valence-electron chi connectivity index (χ2n) is 4.65. The van der Waals surface area contributed by atoms with Crippen molar-refractivity contribution in [1.29, 1.82) is 0 Å².